The molecule has 4 rings (SSSR count). The van der Waals surface area contributed by atoms with Crippen LogP contribution >= 0.6 is 0 Å². The molecule has 0 aliphatic carbocycles. The largest absolute Gasteiger partial charge is 0.346 e. The number of nitrogens with zero attached hydrogens (tertiary/aromatic N) is 5. The fourth-order valence-corrected chi connectivity index (χ4v) is 2.94. The molecule has 1 aliphatic rings. The van der Waals surface area contributed by atoms with Gasteiger partial charge in [0, 0.05) is 18.3 Å². The number of nitrogens with one attached hydrogen (secondary N) is 1. The summed E-state index contributed by atoms with van der Waals surface area (Å²) < 4.78 is 0. The fourth-order valence-electron chi connectivity index (χ4n) is 2.94. The maximum Gasteiger partial charge on any atom is 0.161 e. The summed E-state index contributed by atoms with van der Waals surface area (Å²) in [6.45, 7) is 0.969. The molecule has 2 aromatic heterocycles. The average Bonchev–Trinajstić information content (AvgIpc) is 3.27. The zero-order valence-corrected chi connectivity index (χ0v) is 12.1. The van der Waals surface area contributed by atoms with E-state index in [1.54, 1.807) is 6.33 Å². The van der Waals surface area contributed by atoms with Crippen LogP contribution < -0.4 is 4.90 Å². The molecule has 3 heterocycles. The van der Waals surface area contributed by atoms with Crippen LogP contribution in [0.5, 0.6) is 0 Å². The monoisotopic (exact) mass is 292 g/mol. The number of hydrogen-bond acceptors (Lipinski definition) is 5. The van der Waals surface area contributed by atoms with Gasteiger partial charge in [0.1, 0.15) is 18.0 Å². The van der Waals surface area contributed by atoms with E-state index in [9.17, 15) is 0 Å². The predicted octanol–water partition coefficient (Wildman–Crippen LogP) is 2.60. The number of hydrogen-bond donors (Lipinski definition) is 1. The molecule has 1 fully saturated rings. The Bertz CT molecular complexity index is 740. The molecule has 1 N–H and O–H groups in total. The minimum atomic E-state index is 0.209. The van der Waals surface area contributed by atoms with E-state index in [1.165, 1.54) is 0 Å². The van der Waals surface area contributed by atoms with Crippen LogP contribution in [0.4, 0.5) is 5.82 Å². The van der Waals surface area contributed by atoms with Crippen molar-refractivity contribution in [1.29, 1.82) is 0 Å². The van der Waals surface area contributed by atoms with Gasteiger partial charge in [0.15, 0.2) is 5.82 Å². The van der Waals surface area contributed by atoms with Crippen molar-refractivity contribution in [2.75, 3.05) is 11.4 Å². The van der Waals surface area contributed by atoms with E-state index in [1.807, 2.05) is 42.6 Å². The average molecular weight is 292 g/mol. The van der Waals surface area contributed by atoms with Crippen LogP contribution in [0.25, 0.3) is 11.4 Å². The van der Waals surface area contributed by atoms with Gasteiger partial charge >= 0.3 is 0 Å². The van der Waals surface area contributed by atoms with Crippen molar-refractivity contribution in [2.24, 2.45) is 0 Å². The van der Waals surface area contributed by atoms with Crippen LogP contribution in [0.3, 0.4) is 0 Å². The summed E-state index contributed by atoms with van der Waals surface area (Å²) in [6, 6.07) is 12.2. The fraction of sp³-hybridized carbons (Fsp3) is 0.250. The number of benzene rings is 1. The number of aromatic amines is 1. The zero-order chi connectivity index (χ0) is 14.8. The first-order valence-electron chi connectivity index (χ1n) is 7.42. The first-order valence-corrected chi connectivity index (χ1v) is 7.42. The first-order chi connectivity index (χ1) is 10.9. The molecule has 6 heteroatoms. The van der Waals surface area contributed by atoms with Crippen molar-refractivity contribution in [3.8, 4) is 11.4 Å². The third-order valence-corrected chi connectivity index (χ3v) is 3.97. The molecule has 0 spiro atoms. The molecule has 1 saturated heterocycles. The molecule has 1 aliphatic heterocycles. The van der Waals surface area contributed by atoms with E-state index >= 15 is 0 Å². The van der Waals surface area contributed by atoms with E-state index in [0.29, 0.717) is 0 Å². The SMILES string of the molecule is c1ccc(-c2nccc(N3CCCC3c3ncn[nH]3)n2)cc1. The molecule has 0 amide bonds. The molecule has 0 radical (unpaired) electrons. The second kappa shape index (κ2) is 5.55. The van der Waals surface area contributed by atoms with Gasteiger partial charge in [-0.2, -0.15) is 5.10 Å². The van der Waals surface area contributed by atoms with Gasteiger partial charge in [0.25, 0.3) is 0 Å². The van der Waals surface area contributed by atoms with Gasteiger partial charge in [-0.15, -0.1) is 0 Å². The molecule has 1 aromatic carbocycles. The van der Waals surface area contributed by atoms with Crippen LogP contribution in [0, 0.1) is 0 Å². The van der Waals surface area contributed by atoms with Crippen LogP contribution in [0.2, 0.25) is 0 Å². The summed E-state index contributed by atoms with van der Waals surface area (Å²) in [5.74, 6) is 2.59. The Kier molecular flexibility index (Phi) is 3.27. The molecule has 0 bridgehead atoms. The van der Waals surface area contributed by atoms with E-state index in [0.717, 1.165) is 42.4 Å². The Morgan fingerprint density at radius 3 is 2.82 bits per heavy atom. The summed E-state index contributed by atoms with van der Waals surface area (Å²) in [5, 5.41) is 6.94. The number of H-pyrrole nitrogens is 1. The van der Waals surface area contributed by atoms with Crippen molar-refractivity contribution in [3.63, 3.8) is 0 Å². The molecule has 22 heavy (non-hydrogen) atoms. The molecule has 110 valence electrons. The summed E-state index contributed by atoms with van der Waals surface area (Å²) in [6.07, 6.45) is 5.55. The molecular weight excluding hydrogens is 276 g/mol. The highest BCUT2D eigenvalue weighted by atomic mass is 15.3. The number of aromatic nitrogens is 5. The summed E-state index contributed by atoms with van der Waals surface area (Å²) >= 11 is 0. The third-order valence-electron chi connectivity index (χ3n) is 3.97. The van der Waals surface area contributed by atoms with Gasteiger partial charge in [0.05, 0.1) is 6.04 Å². The molecule has 1 atom stereocenters. The summed E-state index contributed by atoms with van der Waals surface area (Å²) in [7, 11) is 0. The zero-order valence-electron chi connectivity index (χ0n) is 12.1. The summed E-state index contributed by atoms with van der Waals surface area (Å²) in [5.41, 5.74) is 1.03. The summed E-state index contributed by atoms with van der Waals surface area (Å²) in [4.78, 5) is 15.7. The quantitative estimate of drug-likeness (QED) is 0.803. The molecular formula is C16H16N6. The van der Waals surface area contributed by atoms with Gasteiger partial charge in [-0.1, -0.05) is 30.3 Å². The van der Waals surface area contributed by atoms with Gasteiger partial charge in [-0.3, -0.25) is 5.10 Å². The molecule has 1 unspecified atom stereocenters. The third kappa shape index (κ3) is 2.32. The lowest BCUT2D eigenvalue weighted by Crippen LogP contribution is -2.24. The predicted molar refractivity (Wildman–Crippen MR) is 83.2 cm³/mol. The van der Waals surface area contributed by atoms with Gasteiger partial charge in [-0.05, 0) is 18.9 Å². The molecule has 0 saturated carbocycles. The highest BCUT2D eigenvalue weighted by molar-refractivity contribution is 5.57. The van der Waals surface area contributed by atoms with Crippen molar-refractivity contribution < 1.29 is 0 Å². The second-order valence-electron chi connectivity index (χ2n) is 5.33. The second-order valence-corrected chi connectivity index (χ2v) is 5.33. The van der Waals surface area contributed by atoms with Crippen molar-refractivity contribution in [1.82, 2.24) is 25.1 Å². The lowest BCUT2D eigenvalue weighted by atomic mass is 10.2. The normalized spacial score (nSPS) is 17.8. The molecule has 6 nitrogen and oxygen atoms in total. The Morgan fingerprint density at radius 2 is 2.00 bits per heavy atom. The lowest BCUT2D eigenvalue weighted by molar-refractivity contribution is 0.663. The molecule has 3 aromatic rings. The van der Waals surface area contributed by atoms with Crippen LogP contribution in [-0.2, 0) is 0 Å². The van der Waals surface area contributed by atoms with Crippen molar-refractivity contribution in [2.45, 2.75) is 18.9 Å². The smallest absolute Gasteiger partial charge is 0.161 e. The van der Waals surface area contributed by atoms with E-state index in [4.69, 9.17) is 4.98 Å². The highest BCUT2D eigenvalue weighted by Crippen LogP contribution is 2.33. The Balaban J connectivity index is 1.68. The van der Waals surface area contributed by atoms with Crippen molar-refractivity contribution >= 4 is 5.82 Å². The van der Waals surface area contributed by atoms with Crippen LogP contribution in [0.15, 0.2) is 48.9 Å². The number of anilines is 1. The number of rotatable bonds is 3. The van der Waals surface area contributed by atoms with Crippen molar-refractivity contribution in [3.05, 3.63) is 54.7 Å². The van der Waals surface area contributed by atoms with Crippen LogP contribution in [-0.4, -0.2) is 31.7 Å². The minimum absolute atomic E-state index is 0.209. The van der Waals surface area contributed by atoms with E-state index < -0.39 is 0 Å². The van der Waals surface area contributed by atoms with Gasteiger partial charge < -0.3 is 4.90 Å². The maximum atomic E-state index is 4.74. The van der Waals surface area contributed by atoms with Crippen LogP contribution in [0.1, 0.15) is 24.7 Å². The first kappa shape index (κ1) is 12.9. The topological polar surface area (TPSA) is 70.6 Å². The van der Waals surface area contributed by atoms with Gasteiger partial charge in [0.2, 0.25) is 0 Å². The Hall–Kier alpha value is -2.76. The Morgan fingerprint density at radius 1 is 1.09 bits per heavy atom. The standard InChI is InChI=1S/C16H16N6/c1-2-5-12(6-3-1)15-17-9-8-14(20-15)22-10-4-7-13(22)16-18-11-19-21-16/h1-3,5-6,8-9,11,13H,4,7,10H2,(H,18,19,21). The lowest BCUT2D eigenvalue weighted by Gasteiger charge is -2.24. The highest BCUT2D eigenvalue weighted by Gasteiger charge is 2.29. The van der Waals surface area contributed by atoms with Gasteiger partial charge in [-0.25, -0.2) is 15.0 Å². The van der Waals surface area contributed by atoms with E-state index in [2.05, 4.69) is 25.1 Å². The minimum Gasteiger partial charge on any atom is -0.346 e. The Labute approximate surface area is 128 Å². The maximum absolute atomic E-state index is 4.74. The van der Waals surface area contributed by atoms with E-state index in [-0.39, 0.29) is 6.04 Å².